The summed E-state index contributed by atoms with van der Waals surface area (Å²) >= 11 is 0. The Kier molecular flexibility index (Phi) is 4.68. The third kappa shape index (κ3) is 3.24. The van der Waals surface area contributed by atoms with E-state index >= 15 is 0 Å². The second kappa shape index (κ2) is 7.25. The van der Waals surface area contributed by atoms with Gasteiger partial charge in [0.2, 0.25) is 0 Å². The van der Waals surface area contributed by atoms with Crippen LogP contribution in [-0.2, 0) is 33.1 Å². The summed E-state index contributed by atoms with van der Waals surface area (Å²) < 4.78 is 6.76. The van der Waals surface area contributed by atoms with Crippen LogP contribution < -0.4 is 5.56 Å². The van der Waals surface area contributed by atoms with Gasteiger partial charge in [-0.3, -0.25) is 4.79 Å². The van der Waals surface area contributed by atoms with Crippen LogP contribution in [0.2, 0.25) is 0 Å². The van der Waals surface area contributed by atoms with Crippen molar-refractivity contribution in [3.63, 3.8) is 0 Å². The van der Waals surface area contributed by atoms with E-state index in [0.29, 0.717) is 29.1 Å². The standard InChI is InChI=1S/C25H25N3O5/c1-5-25(31)18-10-20-21-16(12-28(20)22(29)17(18)13-32-23(25)30)15(11-26-33-24(2,3)4)14-8-6-7-9-19(14)27-21/h6-11,31H,5,12-13H2,1-4H3/t25-/m1/s1. The second-order valence-electron chi connectivity index (χ2n) is 9.41. The summed E-state index contributed by atoms with van der Waals surface area (Å²) in [4.78, 5) is 36.2. The molecular formula is C25H25N3O5. The summed E-state index contributed by atoms with van der Waals surface area (Å²) in [5.41, 5.74) is 1.59. The van der Waals surface area contributed by atoms with Crippen LogP contribution in [0.3, 0.4) is 0 Å². The lowest BCUT2D eigenvalue weighted by molar-refractivity contribution is -0.172. The first-order chi connectivity index (χ1) is 15.6. The molecule has 0 aliphatic carbocycles. The molecular weight excluding hydrogens is 422 g/mol. The summed E-state index contributed by atoms with van der Waals surface area (Å²) in [6.07, 6.45) is 1.77. The number of rotatable bonds is 3. The van der Waals surface area contributed by atoms with Gasteiger partial charge in [-0.05, 0) is 39.3 Å². The van der Waals surface area contributed by atoms with Crippen LogP contribution in [0.25, 0.3) is 22.3 Å². The minimum Gasteiger partial charge on any atom is -0.458 e. The van der Waals surface area contributed by atoms with Gasteiger partial charge in [0.1, 0.15) is 12.2 Å². The molecule has 0 radical (unpaired) electrons. The van der Waals surface area contributed by atoms with E-state index in [0.717, 1.165) is 22.0 Å². The van der Waals surface area contributed by atoms with E-state index in [-0.39, 0.29) is 18.6 Å². The predicted octanol–water partition coefficient (Wildman–Crippen LogP) is 3.23. The van der Waals surface area contributed by atoms with Crippen molar-refractivity contribution >= 4 is 23.1 Å². The van der Waals surface area contributed by atoms with Gasteiger partial charge in [0.25, 0.3) is 5.56 Å². The van der Waals surface area contributed by atoms with Crippen LogP contribution in [0.1, 0.15) is 56.4 Å². The van der Waals surface area contributed by atoms with Crippen LogP contribution in [-0.4, -0.2) is 32.4 Å². The molecule has 3 aromatic rings. The van der Waals surface area contributed by atoms with Crippen LogP contribution >= 0.6 is 0 Å². The summed E-state index contributed by atoms with van der Waals surface area (Å²) in [7, 11) is 0. The lowest BCUT2D eigenvalue weighted by atomic mass is 9.86. The van der Waals surface area contributed by atoms with Gasteiger partial charge in [-0.2, -0.15) is 0 Å². The summed E-state index contributed by atoms with van der Waals surface area (Å²) in [6.45, 7) is 7.57. The lowest BCUT2D eigenvalue weighted by Crippen LogP contribution is -2.44. The molecule has 170 valence electrons. The van der Waals surface area contributed by atoms with Gasteiger partial charge in [-0.15, -0.1) is 0 Å². The van der Waals surface area contributed by atoms with Crippen LogP contribution in [0.15, 0.2) is 40.3 Å². The Balaban J connectivity index is 1.75. The van der Waals surface area contributed by atoms with Gasteiger partial charge in [-0.1, -0.05) is 30.3 Å². The lowest BCUT2D eigenvalue weighted by Gasteiger charge is -2.31. The summed E-state index contributed by atoms with van der Waals surface area (Å²) in [6, 6.07) is 9.39. The number of nitrogens with zero attached hydrogens (tertiary/aromatic N) is 3. The van der Waals surface area contributed by atoms with E-state index in [1.807, 2.05) is 45.0 Å². The minimum atomic E-state index is -1.85. The molecule has 2 aliphatic heterocycles. The molecule has 0 unspecified atom stereocenters. The molecule has 0 spiro atoms. The Labute approximate surface area is 190 Å². The highest BCUT2D eigenvalue weighted by Gasteiger charge is 2.45. The molecule has 1 aromatic carbocycles. The number of aliphatic hydroxyl groups is 1. The third-order valence-electron chi connectivity index (χ3n) is 6.15. The molecule has 1 N–H and O–H groups in total. The van der Waals surface area contributed by atoms with Gasteiger partial charge >= 0.3 is 5.97 Å². The summed E-state index contributed by atoms with van der Waals surface area (Å²) in [5, 5.41) is 16.1. The number of para-hydroxylation sites is 1. The number of ether oxygens (including phenoxy) is 1. The number of benzene rings is 1. The average molecular weight is 447 g/mol. The number of carbonyl (C=O) groups is 1. The number of hydrogen-bond donors (Lipinski definition) is 1. The van der Waals surface area contributed by atoms with Crippen molar-refractivity contribution < 1.29 is 19.5 Å². The third-order valence-corrected chi connectivity index (χ3v) is 6.15. The Morgan fingerprint density at radius 2 is 2.03 bits per heavy atom. The fourth-order valence-electron chi connectivity index (χ4n) is 4.44. The van der Waals surface area contributed by atoms with Crippen LogP contribution in [0.5, 0.6) is 0 Å². The van der Waals surface area contributed by atoms with Gasteiger partial charge in [-0.25, -0.2) is 9.78 Å². The molecule has 33 heavy (non-hydrogen) atoms. The first-order valence-electron chi connectivity index (χ1n) is 10.9. The number of pyridine rings is 2. The Morgan fingerprint density at radius 1 is 1.27 bits per heavy atom. The maximum atomic E-state index is 13.4. The molecule has 0 amide bonds. The van der Waals surface area contributed by atoms with Crippen molar-refractivity contribution in [2.24, 2.45) is 5.16 Å². The van der Waals surface area contributed by atoms with E-state index in [4.69, 9.17) is 14.6 Å². The zero-order valence-corrected chi connectivity index (χ0v) is 19.0. The first kappa shape index (κ1) is 21.3. The van der Waals surface area contributed by atoms with E-state index in [1.165, 1.54) is 0 Å². The van der Waals surface area contributed by atoms with Gasteiger partial charge < -0.3 is 19.2 Å². The molecule has 0 fully saturated rings. The van der Waals surface area contributed by atoms with E-state index < -0.39 is 17.2 Å². The number of carbonyl (C=O) groups excluding carboxylic acids is 1. The molecule has 1 atom stereocenters. The number of fused-ring (bicyclic) bond motifs is 5. The fraction of sp³-hybridized carbons (Fsp3) is 0.360. The molecule has 0 saturated carbocycles. The molecule has 2 aromatic heterocycles. The number of oxime groups is 1. The monoisotopic (exact) mass is 447 g/mol. The zero-order valence-electron chi connectivity index (χ0n) is 19.0. The van der Waals surface area contributed by atoms with Gasteiger partial charge in [0.05, 0.1) is 35.2 Å². The number of hydrogen-bond acceptors (Lipinski definition) is 7. The van der Waals surface area contributed by atoms with Crippen molar-refractivity contribution in [1.29, 1.82) is 0 Å². The second-order valence-corrected chi connectivity index (χ2v) is 9.41. The zero-order chi connectivity index (χ0) is 23.5. The molecule has 8 nitrogen and oxygen atoms in total. The number of aromatic nitrogens is 2. The van der Waals surface area contributed by atoms with Crippen molar-refractivity contribution in [3.8, 4) is 11.4 Å². The minimum absolute atomic E-state index is 0.0990. The normalized spacial score (nSPS) is 19.4. The quantitative estimate of drug-likeness (QED) is 0.294. The van der Waals surface area contributed by atoms with Gasteiger partial charge in [0, 0.05) is 22.1 Å². The largest absolute Gasteiger partial charge is 0.458 e. The number of esters is 1. The molecule has 5 rings (SSSR count). The average Bonchev–Trinajstić information content (AvgIpc) is 3.14. The first-order valence-corrected chi connectivity index (χ1v) is 10.9. The molecule has 4 heterocycles. The summed E-state index contributed by atoms with van der Waals surface area (Å²) in [5.74, 6) is -0.737. The fourth-order valence-corrected chi connectivity index (χ4v) is 4.44. The SMILES string of the molecule is CC[C@]1(O)C(=O)OCc2c1cc1n(c2=O)Cc2c-1nc1ccccc1c2C=NOC(C)(C)C. The van der Waals surface area contributed by atoms with E-state index in [9.17, 15) is 14.7 Å². The molecule has 0 bridgehead atoms. The predicted molar refractivity (Wildman–Crippen MR) is 123 cm³/mol. The smallest absolute Gasteiger partial charge is 0.343 e. The topological polar surface area (TPSA) is 103 Å². The van der Waals surface area contributed by atoms with Crippen molar-refractivity contribution in [1.82, 2.24) is 9.55 Å². The highest BCUT2D eigenvalue weighted by Crippen LogP contribution is 2.39. The molecule has 2 aliphatic rings. The maximum Gasteiger partial charge on any atom is 0.343 e. The van der Waals surface area contributed by atoms with Crippen LogP contribution in [0, 0.1) is 0 Å². The Hall–Kier alpha value is -3.52. The van der Waals surface area contributed by atoms with Crippen molar-refractivity contribution in [3.05, 3.63) is 62.9 Å². The maximum absolute atomic E-state index is 13.4. The van der Waals surface area contributed by atoms with Gasteiger partial charge in [0.15, 0.2) is 5.60 Å². The highest BCUT2D eigenvalue weighted by atomic mass is 16.6. The van der Waals surface area contributed by atoms with E-state index in [1.54, 1.807) is 23.8 Å². The number of cyclic esters (lactones) is 1. The van der Waals surface area contributed by atoms with E-state index in [2.05, 4.69) is 5.16 Å². The molecule has 0 saturated heterocycles. The van der Waals surface area contributed by atoms with Crippen LogP contribution in [0.4, 0.5) is 0 Å². The highest BCUT2D eigenvalue weighted by molar-refractivity contribution is 6.02. The Morgan fingerprint density at radius 3 is 2.76 bits per heavy atom. The Bertz CT molecular complexity index is 1400. The van der Waals surface area contributed by atoms with Crippen molar-refractivity contribution in [2.45, 2.75) is 58.5 Å². The van der Waals surface area contributed by atoms with Crippen molar-refractivity contribution in [2.75, 3.05) is 0 Å². The molecule has 8 heteroatoms.